The number of hydrogen-bond donors (Lipinski definition) is 1. The van der Waals surface area contributed by atoms with Gasteiger partial charge in [-0.2, -0.15) is 0 Å². The molecule has 0 aliphatic carbocycles. The summed E-state index contributed by atoms with van der Waals surface area (Å²) in [7, 11) is 1.63. The van der Waals surface area contributed by atoms with E-state index in [0.717, 1.165) is 35.6 Å². The average molecular weight is 599 g/mol. The van der Waals surface area contributed by atoms with E-state index < -0.39 is 5.54 Å². The van der Waals surface area contributed by atoms with Crippen LogP contribution in [0.3, 0.4) is 0 Å². The first-order valence-corrected chi connectivity index (χ1v) is 15.5. The molecule has 44 heavy (non-hydrogen) atoms. The number of unbranched alkanes of at least 4 members (excludes halogenated alkanes) is 1. The molecule has 0 saturated carbocycles. The van der Waals surface area contributed by atoms with Crippen molar-refractivity contribution in [3.05, 3.63) is 90.0 Å². The highest BCUT2D eigenvalue weighted by Crippen LogP contribution is 2.39. The number of carbonyl (C=O) groups excluding carboxylic acids is 3. The van der Waals surface area contributed by atoms with Gasteiger partial charge in [-0.15, -0.1) is 0 Å². The number of piperidine rings is 1. The highest BCUT2D eigenvalue weighted by atomic mass is 16.5. The third-order valence-electron chi connectivity index (χ3n) is 8.57. The van der Waals surface area contributed by atoms with Gasteiger partial charge in [0.05, 0.1) is 20.4 Å². The van der Waals surface area contributed by atoms with Crippen molar-refractivity contribution in [2.75, 3.05) is 51.5 Å². The number of amides is 3. The maximum absolute atomic E-state index is 14.0. The monoisotopic (exact) mass is 598 g/mol. The second-order valence-electron chi connectivity index (χ2n) is 11.4. The Labute approximate surface area is 259 Å². The Morgan fingerprint density at radius 2 is 1.64 bits per heavy atom. The first-order chi connectivity index (χ1) is 21.4. The molecule has 3 amide bonds. The van der Waals surface area contributed by atoms with Gasteiger partial charge < -0.3 is 29.5 Å². The Hall–Kier alpha value is -4.53. The van der Waals surface area contributed by atoms with Crippen molar-refractivity contribution in [3.63, 3.8) is 0 Å². The number of anilines is 1. The maximum atomic E-state index is 14.0. The Morgan fingerprint density at radius 1 is 0.932 bits per heavy atom. The van der Waals surface area contributed by atoms with Crippen molar-refractivity contribution in [1.82, 2.24) is 15.1 Å². The SMILES string of the molecule is CCCCOc1ccc(C(=O)N2CCC3(CC2)C(=O)N(CC(=O)NCCc2ccccc2OC)CN3c2ccccc2)cc1. The van der Waals surface area contributed by atoms with Crippen LogP contribution in [-0.4, -0.2) is 79.6 Å². The number of likely N-dealkylation sites (tertiary alicyclic amines) is 1. The van der Waals surface area contributed by atoms with Gasteiger partial charge in [0.25, 0.3) is 11.8 Å². The zero-order chi connectivity index (χ0) is 30.9. The normalized spacial score (nSPS) is 15.9. The lowest BCUT2D eigenvalue weighted by atomic mass is 9.85. The molecule has 2 aliphatic rings. The summed E-state index contributed by atoms with van der Waals surface area (Å²) >= 11 is 0. The molecule has 1 spiro atoms. The smallest absolute Gasteiger partial charge is 0.253 e. The summed E-state index contributed by atoms with van der Waals surface area (Å²) in [4.78, 5) is 46.0. The van der Waals surface area contributed by atoms with Crippen LogP contribution in [0.15, 0.2) is 78.9 Å². The molecule has 2 aliphatic heterocycles. The van der Waals surface area contributed by atoms with Gasteiger partial charge in [0.1, 0.15) is 23.6 Å². The molecule has 3 aromatic carbocycles. The summed E-state index contributed by atoms with van der Waals surface area (Å²) in [5.74, 6) is 1.22. The maximum Gasteiger partial charge on any atom is 0.253 e. The van der Waals surface area contributed by atoms with Crippen molar-refractivity contribution < 1.29 is 23.9 Å². The summed E-state index contributed by atoms with van der Waals surface area (Å²) in [6, 6.07) is 24.9. The lowest BCUT2D eigenvalue weighted by Gasteiger charge is -2.43. The number of ether oxygens (including phenoxy) is 2. The minimum atomic E-state index is -0.813. The molecule has 0 atom stereocenters. The van der Waals surface area contributed by atoms with Gasteiger partial charge in [-0.05, 0) is 73.7 Å². The highest BCUT2D eigenvalue weighted by Gasteiger charge is 2.54. The van der Waals surface area contributed by atoms with E-state index in [4.69, 9.17) is 9.47 Å². The van der Waals surface area contributed by atoms with Crippen LogP contribution < -0.4 is 19.7 Å². The van der Waals surface area contributed by atoms with E-state index in [1.54, 1.807) is 24.1 Å². The lowest BCUT2D eigenvalue weighted by Crippen LogP contribution is -2.57. The molecular weight excluding hydrogens is 556 g/mol. The number of methoxy groups -OCH3 is 1. The van der Waals surface area contributed by atoms with Gasteiger partial charge in [-0.25, -0.2) is 0 Å². The van der Waals surface area contributed by atoms with Crippen LogP contribution in [0.25, 0.3) is 0 Å². The van der Waals surface area contributed by atoms with Gasteiger partial charge in [0.15, 0.2) is 0 Å². The minimum Gasteiger partial charge on any atom is -0.496 e. The fourth-order valence-corrected chi connectivity index (χ4v) is 6.09. The topological polar surface area (TPSA) is 91.4 Å². The number of nitrogens with zero attached hydrogens (tertiary/aromatic N) is 3. The molecule has 2 fully saturated rings. The zero-order valence-electron chi connectivity index (χ0n) is 25.7. The van der Waals surface area contributed by atoms with Gasteiger partial charge in [0.2, 0.25) is 5.91 Å². The molecule has 5 rings (SSSR count). The number of carbonyl (C=O) groups is 3. The van der Waals surface area contributed by atoms with Crippen LogP contribution in [0.5, 0.6) is 11.5 Å². The molecule has 3 aromatic rings. The average Bonchev–Trinajstić information content (AvgIpc) is 3.32. The lowest BCUT2D eigenvalue weighted by molar-refractivity contribution is -0.137. The third kappa shape index (κ3) is 6.82. The van der Waals surface area contributed by atoms with Crippen LogP contribution in [-0.2, 0) is 16.0 Å². The Kier molecular flexibility index (Phi) is 10.0. The Morgan fingerprint density at radius 3 is 2.34 bits per heavy atom. The first kappa shape index (κ1) is 30.9. The molecule has 9 heteroatoms. The Bertz CT molecular complexity index is 1420. The number of rotatable bonds is 12. The molecule has 2 saturated heterocycles. The summed E-state index contributed by atoms with van der Waals surface area (Å²) in [6.45, 7) is 4.40. The number of nitrogens with one attached hydrogen (secondary N) is 1. The van der Waals surface area contributed by atoms with E-state index in [1.165, 1.54) is 0 Å². The molecule has 0 radical (unpaired) electrons. The standard InChI is InChI=1S/C35H42N4O5/c1-3-4-24-44-30-16-14-28(15-17-30)33(41)37-22-19-35(20-23-37)34(42)38(26-39(35)29-11-6-5-7-12-29)25-32(40)36-21-18-27-10-8-9-13-31(27)43-2/h5-17H,3-4,18-26H2,1-2H3,(H,36,40). The van der Waals surface area contributed by atoms with Crippen molar-refractivity contribution in [1.29, 1.82) is 0 Å². The van der Waals surface area contributed by atoms with Gasteiger partial charge in [-0.1, -0.05) is 49.7 Å². The molecule has 0 bridgehead atoms. The zero-order valence-corrected chi connectivity index (χ0v) is 25.7. The van der Waals surface area contributed by atoms with Crippen molar-refractivity contribution in [3.8, 4) is 11.5 Å². The fourth-order valence-electron chi connectivity index (χ4n) is 6.09. The Balaban J connectivity index is 1.22. The first-order valence-electron chi connectivity index (χ1n) is 15.5. The van der Waals surface area contributed by atoms with Gasteiger partial charge in [0, 0.05) is 30.9 Å². The summed E-state index contributed by atoms with van der Waals surface area (Å²) in [6.07, 6.45) is 3.64. The van der Waals surface area contributed by atoms with Gasteiger partial charge in [-0.3, -0.25) is 14.4 Å². The van der Waals surface area contributed by atoms with E-state index in [9.17, 15) is 14.4 Å². The van der Waals surface area contributed by atoms with E-state index in [2.05, 4.69) is 17.1 Å². The summed E-state index contributed by atoms with van der Waals surface area (Å²) < 4.78 is 11.1. The second-order valence-corrected chi connectivity index (χ2v) is 11.4. The molecule has 1 N–H and O–H groups in total. The second kappa shape index (κ2) is 14.3. The van der Waals surface area contributed by atoms with Gasteiger partial charge >= 0.3 is 0 Å². The van der Waals surface area contributed by atoms with E-state index in [1.807, 2.05) is 71.6 Å². The van der Waals surface area contributed by atoms with Crippen molar-refractivity contribution in [2.24, 2.45) is 0 Å². The molecule has 0 aromatic heterocycles. The van der Waals surface area contributed by atoms with E-state index in [-0.39, 0.29) is 24.3 Å². The van der Waals surface area contributed by atoms with Crippen LogP contribution >= 0.6 is 0 Å². The van der Waals surface area contributed by atoms with E-state index in [0.29, 0.717) is 57.7 Å². The van der Waals surface area contributed by atoms with Crippen molar-refractivity contribution >= 4 is 23.4 Å². The third-order valence-corrected chi connectivity index (χ3v) is 8.57. The number of benzene rings is 3. The van der Waals surface area contributed by atoms with E-state index >= 15 is 0 Å². The summed E-state index contributed by atoms with van der Waals surface area (Å²) in [5, 5.41) is 2.97. The predicted molar refractivity (Wildman–Crippen MR) is 170 cm³/mol. The quantitative estimate of drug-likeness (QED) is 0.309. The fraction of sp³-hybridized carbons (Fsp3) is 0.400. The largest absolute Gasteiger partial charge is 0.496 e. The van der Waals surface area contributed by atoms with Crippen LogP contribution in [0.1, 0.15) is 48.5 Å². The van der Waals surface area contributed by atoms with Crippen LogP contribution in [0, 0.1) is 0 Å². The predicted octanol–water partition coefficient (Wildman–Crippen LogP) is 4.51. The van der Waals surface area contributed by atoms with Crippen LogP contribution in [0.4, 0.5) is 5.69 Å². The highest BCUT2D eigenvalue weighted by molar-refractivity contribution is 5.97. The summed E-state index contributed by atoms with van der Waals surface area (Å²) in [5.41, 5.74) is 1.73. The van der Waals surface area contributed by atoms with Crippen LogP contribution in [0.2, 0.25) is 0 Å². The molecule has 0 unspecified atom stereocenters. The molecule has 232 valence electrons. The number of hydrogen-bond acceptors (Lipinski definition) is 6. The molecular formula is C35H42N4O5. The number of para-hydroxylation sites is 2. The van der Waals surface area contributed by atoms with Crippen molar-refractivity contribution in [2.45, 2.75) is 44.6 Å². The molecule has 9 nitrogen and oxygen atoms in total. The molecule has 2 heterocycles. The minimum absolute atomic E-state index is 0.0227.